The van der Waals surface area contributed by atoms with Crippen molar-refractivity contribution in [1.29, 1.82) is 0 Å². The van der Waals surface area contributed by atoms with Crippen LogP contribution in [0.2, 0.25) is 0 Å². The summed E-state index contributed by atoms with van der Waals surface area (Å²) in [6, 6.07) is 5.27. The molecule has 1 aromatic carbocycles. The first-order valence-corrected chi connectivity index (χ1v) is 9.94. The Labute approximate surface area is 171 Å². The number of aliphatic hydroxyl groups excluding tert-OH is 1. The largest absolute Gasteiger partial charge is 0.493 e. The van der Waals surface area contributed by atoms with Crippen LogP contribution in [-0.2, 0) is 14.3 Å². The maximum absolute atomic E-state index is 12.3. The van der Waals surface area contributed by atoms with Crippen LogP contribution in [0.4, 0.5) is 0 Å². The predicted molar refractivity (Wildman–Crippen MR) is 107 cm³/mol. The van der Waals surface area contributed by atoms with Gasteiger partial charge in [0.05, 0.1) is 31.5 Å². The van der Waals surface area contributed by atoms with Crippen molar-refractivity contribution in [1.82, 2.24) is 0 Å². The van der Waals surface area contributed by atoms with Gasteiger partial charge < -0.3 is 29.2 Å². The summed E-state index contributed by atoms with van der Waals surface area (Å²) in [6.45, 7) is 4.52. The van der Waals surface area contributed by atoms with E-state index in [1.165, 1.54) is 13.2 Å². The molecule has 2 unspecified atom stereocenters. The number of ether oxygens (including phenoxy) is 4. The SMILES string of the molecule is COc1ccc(/C=C/C(=O)O[C@@H]2CC[C@@](C)(O)C(C3(C)CO3)C2)cc1OCCO. The number of hydrogen-bond acceptors (Lipinski definition) is 7. The maximum atomic E-state index is 12.3. The van der Waals surface area contributed by atoms with Gasteiger partial charge in [-0.1, -0.05) is 6.07 Å². The molecule has 4 atom stereocenters. The molecule has 0 amide bonds. The number of aliphatic hydroxyl groups is 2. The number of carbonyl (C=O) groups excluding carboxylic acids is 1. The van der Waals surface area contributed by atoms with Crippen molar-refractivity contribution in [3.8, 4) is 11.5 Å². The Hall–Kier alpha value is -2.09. The zero-order valence-electron chi connectivity index (χ0n) is 17.2. The number of carbonyl (C=O) groups is 1. The van der Waals surface area contributed by atoms with Crippen LogP contribution in [-0.4, -0.2) is 60.4 Å². The third-order valence-electron chi connectivity index (χ3n) is 5.79. The van der Waals surface area contributed by atoms with E-state index in [1.54, 1.807) is 24.3 Å². The summed E-state index contributed by atoms with van der Waals surface area (Å²) in [4.78, 5) is 12.3. The van der Waals surface area contributed by atoms with Gasteiger partial charge in [0.25, 0.3) is 0 Å². The average molecular weight is 406 g/mol. The Morgan fingerprint density at radius 2 is 2.10 bits per heavy atom. The molecule has 2 aliphatic rings. The van der Waals surface area contributed by atoms with E-state index in [9.17, 15) is 9.90 Å². The second-order valence-electron chi connectivity index (χ2n) is 8.16. The molecule has 2 N–H and O–H groups in total. The van der Waals surface area contributed by atoms with Crippen LogP contribution < -0.4 is 9.47 Å². The lowest BCUT2D eigenvalue weighted by atomic mass is 9.69. The number of esters is 1. The van der Waals surface area contributed by atoms with E-state index in [0.29, 0.717) is 37.4 Å². The van der Waals surface area contributed by atoms with Gasteiger partial charge in [-0.25, -0.2) is 4.79 Å². The highest BCUT2D eigenvalue weighted by molar-refractivity contribution is 5.87. The van der Waals surface area contributed by atoms with Crippen molar-refractivity contribution in [3.63, 3.8) is 0 Å². The molecule has 2 fully saturated rings. The van der Waals surface area contributed by atoms with Crippen molar-refractivity contribution >= 4 is 12.0 Å². The summed E-state index contributed by atoms with van der Waals surface area (Å²) < 4.78 is 21.8. The van der Waals surface area contributed by atoms with E-state index >= 15 is 0 Å². The highest BCUT2D eigenvalue weighted by atomic mass is 16.6. The van der Waals surface area contributed by atoms with E-state index in [0.717, 1.165) is 5.56 Å². The lowest BCUT2D eigenvalue weighted by molar-refractivity contribution is -0.153. The fraction of sp³-hybridized carbons (Fsp3) is 0.591. The summed E-state index contributed by atoms with van der Waals surface area (Å²) in [6.07, 6.45) is 4.58. The molecule has 0 aromatic heterocycles. The van der Waals surface area contributed by atoms with Crippen LogP contribution >= 0.6 is 0 Å². The number of epoxide rings is 1. The predicted octanol–water partition coefficient (Wildman–Crippen LogP) is 2.33. The zero-order chi connectivity index (χ0) is 21.1. The molecule has 0 radical (unpaired) electrons. The summed E-state index contributed by atoms with van der Waals surface area (Å²) >= 11 is 0. The monoisotopic (exact) mass is 406 g/mol. The molecule has 1 saturated heterocycles. The highest BCUT2D eigenvalue weighted by Gasteiger charge is 2.56. The minimum absolute atomic E-state index is 0.0571. The standard InChI is InChI=1S/C22H30O7/c1-21(25)9-8-16(13-19(21)22(2)14-28-22)29-20(24)7-5-15-4-6-17(26-3)18(12-15)27-11-10-23/h4-7,12,16,19,23,25H,8-11,13-14H2,1-3H3/b7-5+/t16-,19?,21-,22?/m1/s1. The first kappa shape index (κ1) is 21.6. The van der Waals surface area contributed by atoms with Gasteiger partial charge in [0.2, 0.25) is 0 Å². The average Bonchev–Trinajstić information content (AvgIpc) is 3.44. The molecular formula is C22H30O7. The minimum Gasteiger partial charge on any atom is -0.493 e. The number of hydrogen-bond donors (Lipinski definition) is 2. The molecule has 1 heterocycles. The van der Waals surface area contributed by atoms with Crippen LogP contribution in [0.15, 0.2) is 24.3 Å². The third-order valence-corrected chi connectivity index (χ3v) is 5.79. The van der Waals surface area contributed by atoms with Crippen molar-refractivity contribution < 1.29 is 34.0 Å². The molecule has 1 aliphatic carbocycles. The Kier molecular flexibility index (Phi) is 6.51. The van der Waals surface area contributed by atoms with Crippen LogP contribution in [0.1, 0.15) is 38.7 Å². The van der Waals surface area contributed by atoms with E-state index in [2.05, 4.69) is 0 Å². The number of methoxy groups -OCH3 is 1. The van der Waals surface area contributed by atoms with Crippen LogP contribution in [0.25, 0.3) is 6.08 Å². The lowest BCUT2D eigenvalue weighted by Crippen LogP contribution is -2.49. The van der Waals surface area contributed by atoms with Crippen molar-refractivity contribution in [2.45, 2.75) is 50.4 Å². The van der Waals surface area contributed by atoms with Gasteiger partial charge in [-0.3, -0.25) is 0 Å². The number of rotatable bonds is 8. The van der Waals surface area contributed by atoms with Crippen molar-refractivity contribution in [2.75, 3.05) is 26.9 Å². The lowest BCUT2D eigenvalue weighted by Gasteiger charge is -2.42. The Balaban J connectivity index is 1.60. The van der Waals surface area contributed by atoms with Gasteiger partial charge in [0.1, 0.15) is 12.7 Å². The smallest absolute Gasteiger partial charge is 0.331 e. The normalized spacial score (nSPS) is 31.5. The van der Waals surface area contributed by atoms with Crippen LogP contribution in [0.3, 0.4) is 0 Å². The maximum Gasteiger partial charge on any atom is 0.331 e. The second kappa shape index (κ2) is 8.73. The quantitative estimate of drug-likeness (QED) is 0.388. The first-order chi connectivity index (χ1) is 13.8. The van der Waals surface area contributed by atoms with Crippen molar-refractivity contribution in [2.24, 2.45) is 5.92 Å². The molecule has 1 aliphatic heterocycles. The van der Waals surface area contributed by atoms with E-state index < -0.39 is 11.6 Å². The Morgan fingerprint density at radius 1 is 1.34 bits per heavy atom. The van der Waals surface area contributed by atoms with Gasteiger partial charge in [-0.2, -0.15) is 0 Å². The molecule has 7 nitrogen and oxygen atoms in total. The van der Waals surface area contributed by atoms with E-state index in [1.807, 2.05) is 13.8 Å². The molecule has 1 saturated carbocycles. The molecule has 0 bridgehead atoms. The van der Waals surface area contributed by atoms with Gasteiger partial charge in [0, 0.05) is 12.0 Å². The van der Waals surface area contributed by atoms with Crippen LogP contribution in [0, 0.1) is 5.92 Å². The molecule has 1 aromatic rings. The van der Waals surface area contributed by atoms with E-state index in [4.69, 9.17) is 24.1 Å². The van der Waals surface area contributed by atoms with E-state index in [-0.39, 0.29) is 30.8 Å². The fourth-order valence-electron chi connectivity index (χ4n) is 4.02. The highest BCUT2D eigenvalue weighted by Crippen LogP contribution is 2.48. The molecular weight excluding hydrogens is 376 g/mol. The Morgan fingerprint density at radius 3 is 2.76 bits per heavy atom. The number of benzene rings is 1. The summed E-state index contributed by atoms with van der Waals surface area (Å²) in [5.41, 5.74) is -0.379. The second-order valence-corrected chi connectivity index (χ2v) is 8.16. The zero-order valence-corrected chi connectivity index (χ0v) is 17.2. The molecule has 3 rings (SSSR count). The van der Waals surface area contributed by atoms with Gasteiger partial charge in [0.15, 0.2) is 11.5 Å². The molecule has 160 valence electrons. The summed E-state index contributed by atoms with van der Waals surface area (Å²) in [7, 11) is 1.54. The minimum atomic E-state index is -0.807. The molecule has 0 spiro atoms. The van der Waals surface area contributed by atoms with Gasteiger partial charge >= 0.3 is 5.97 Å². The summed E-state index contributed by atoms with van der Waals surface area (Å²) in [5, 5.41) is 19.6. The topological polar surface area (TPSA) is 97.8 Å². The third kappa shape index (κ3) is 5.29. The molecule has 29 heavy (non-hydrogen) atoms. The Bertz CT molecular complexity index is 752. The molecule has 7 heteroatoms. The summed E-state index contributed by atoms with van der Waals surface area (Å²) in [5.74, 6) is 0.561. The van der Waals surface area contributed by atoms with Gasteiger partial charge in [-0.15, -0.1) is 0 Å². The van der Waals surface area contributed by atoms with Crippen molar-refractivity contribution in [3.05, 3.63) is 29.8 Å². The van der Waals surface area contributed by atoms with Gasteiger partial charge in [-0.05, 0) is 56.9 Å². The van der Waals surface area contributed by atoms with Crippen LogP contribution in [0.5, 0.6) is 11.5 Å². The first-order valence-electron chi connectivity index (χ1n) is 9.94. The fourth-order valence-corrected chi connectivity index (χ4v) is 4.02.